The lowest BCUT2D eigenvalue weighted by atomic mass is 9.79. The molecule has 1 aromatic heterocycles. The summed E-state index contributed by atoms with van der Waals surface area (Å²) in [5.74, 6) is 2.48. The first-order chi connectivity index (χ1) is 7.27. The minimum absolute atomic E-state index is 0.629. The highest BCUT2D eigenvalue weighted by molar-refractivity contribution is 4.94. The number of nitrogens with one attached hydrogen (secondary N) is 1. The van der Waals surface area contributed by atoms with Crippen LogP contribution in [0.25, 0.3) is 0 Å². The molecule has 1 aliphatic carbocycles. The fraction of sp³-hybridized carbons (Fsp3) is 0.750. The molecule has 1 heterocycles. The van der Waals surface area contributed by atoms with Crippen molar-refractivity contribution in [3.63, 3.8) is 0 Å². The summed E-state index contributed by atoms with van der Waals surface area (Å²) in [7, 11) is 0. The van der Waals surface area contributed by atoms with E-state index in [1.54, 1.807) is 6.20 Å². The zero-order chi connectivity index (χ0) is 10.7. The van der Waals surface area contributed by atoms with Crippen molar-refractivity contribution in [1.82, 2.24) is 10.5 Å². The number of hydrogen-bond acceptors (Lipinski definition) is 3. The minimum atomic E-state index is 0.629. The van der Waals surface area contributed by atoms with E-state index < -0.39 is 0 Å². The fourth-order valence-corrected chi connectivity index (χ4v) is 2.64. The Bertz CT molecular complexity index is 274. The van der Waals surface area contributed by atoms with Crippen LogP contribution >= 0.6 is 0 Å². The monoisotopic (exact) mass is 208 g/mol. The van der Waals surface area contributed by atoms with Gasteiger partial charge in [0.15, 0.2) is 0 Å². The van der Waals surface area contributed by atoms with E-state index in [0.717, 1.165) is 24.1 Å². The lowest BCUT2D eigenvalue weighted by Gasteiger charge is -2.35. The molecule has 0 spiro atoms. The molecule has 0 radical (unpaired) electrons. The van der Waals surface area contributed by atoms with Gasteiger partial charge in [0.1, 0.15) is 5.76 Å². The van der Waals surface area contributed by atoms with Crippen molar-refractivity contribution in [2.24, 2.45) is 11.8 Å². The molecule has 0 aliphatic heterocycles. The Morgan fingerprint density at radius 1 is 1.40 bits per heavy atom. The predicted octanol–water partition coefficient (Wildman–Crippen LogP) is 2.59. The average molecular weight is 208 g/mol. The van der Waals surface area contributed by atoms with Crippen LogP contribution in [-0.2, 0) is 6.54 Å². The zero-order valence-corrected chi connectivity index (χ0v) is 9.57. The van der Waals surface area contributed by atoms with E-state index in [4.69, 9.17) is 4.52 Å². The number of nitrogens with zero attached hydrogens (tertiary/aromatic N) is 1. The molecule has 1 N–H and O–H groups in total. The Balaban J connectivity index is 1.86. The first-order valence-corrected chi connectivity index (χ1v) is 5.90. The predicted molar refractivity (Wildman–Crippen MR) is 59.3 cm³/mol. The van der Waals surface area contributed by atoms with Gasteiger partial charge in [0.25, 0.3) is 0 Å². The number of hydrogen-bond donors (Lipinski definition) is 1. The van der Waals surface area contributed by atoms with Crippen molar-refractivity contribution in [3.8, 4) is 0 Å². The van der Waals surface area contributed by atoms with Crippen LogP contribution in [0.1, 0.15) is 38.9 Å². The van der Waals surface area contributed by atoms with Gasteiger partial charge in [0, 0.05) is 12.1 Å². The quantitative estimate of drug-likeness (QED) is 0.829. The summed E-state index contributed by atoms with van der Waals surface area (Å²) in [6.45, 7) is 5.49. The van der Waals surface area contributed by atoms with E-state index in [0.29, 0.717) is 6.04 Å². The maximum atomic E-state index is 5.08. The molecule has 1 aromatic rings. The molecule has 0 aromatic carbocycles. The Hall–Kier alpha value is -0.830. The van der Waals surface area contributed by atoms with Crippen molar-refractivity contribution in [2.45, 2.75) is 45.7 Å². The van der Waals surface area contributed by atoms with Crippen LogP contribution in [0.15, 0.2) is 16.8 Å². The first kappa shape index (κ1) is 10.7. The molecule has 0 saturated heterocycles. The highest BCUT2D eigenvalue weighted by atomic mass is 16.5. The molecule has 15 heavy (non-hydrogen) atoms. The third-order valence-electron chi connectivity index (χ3n) is 3.55. The summed E-state index contributed by atoms with van der Waals surface area (Å²) in [5, 5.41) is 7.30. The van der Waals surface area contributed by atoms with Crippen molar-refractivity contribution >= 4 is 0 Å². The van der Waals surface area contributed by atoms with Crippen LogP contribution in [0.3, 0.4) is 0 Å². The van der Waals surface area contributed by atoms with E-state index in [1.165, 1.54) is 19.3 Å². The Labute approximate surface area is 91.2 Å². The molecule has 3 heteroatoms. The second-order valence-electron chi connectivity index (χ2n) is 4.77. The van der Waals surface area contributed by atoms with Gasteiger partial charge in [-0.3, -0.25) is 0 Å². The first-order valence-electron chi connectivity index (χ1n) is 5.90. The largest absolute Gasteiger partial charge is 0.360 e. The van der Waals surface area contributed by atoms with Gasteiger partial charge in [-0.05, 0) is 24.7 Å². The third-order valence-corrected chi connectivity index (χ3v) is 3.55. The maximum Gasteiger partial charge on any atom is 0.150 e. The number of rotatable bonds is 3. The van der Waals surface area contributed by atoms with Gasteiger partial charge in [0.05, 0.1) is 12.7 Å². The van der Waals surface area contributed by atoms with Crippen molar-refractivity contribution in [1.29, 1.82) is 0 Å². The van der Waals surface area contributed by atoms with Gasteiger partial charge in [0.2, 0.25) is 0 Å². The van der Waals surface area contributed by atoms with E-state index >= 15 is 0 Å². The molecular weight excluding hydrogens is 188 g/mol. The molecule has 0 amide bonds. The highest BCUT2D eigenvalue weighted by Gasteiger charge is 2.27. The second-order valence-corrected chi connectivity index (χ2v) is 4.77. The second kappa shape index (κ2) is 4.79. The SMILES string of the molecule is CC1CCCC(C)C1NCc1ccno1. The highest BCUT2D eigenvalue weighted by Crippen LogP contribution is 2.28. The Morgan fingerprint density at radius 3 is 2.73 bits per heavy atom. The molecule has 1 aliphatic rings. The van der Waals surface area contributed by atoms with Crippen LogP contribution in [0.2, 0.25) is 0 Å². The average Bonchev–Trinajstić information content (AvgIpc) is 2.70. The summed E-state index contributed by atoms with van der Waals surface area (Å²) < 4.78 is 5.08. The molecule has 3 nitrogen and oxygen atoms in total. The van der Waals surface area contributed by atoms with Crippen LogP contribution in [0, 0.1) is 11.8 Å². The van der Waals surface area contributed by atoms with Gasteiger partial charge in [-0.2, -0.15) is 0 Å². The van der Waals surface area contributed by atoms with E-state index in [9.17, 15) is 0 Å². The zero-order valence-electron chi connectivity index (χ0n) is 9.57. The van der Waals surface area contributed by atoms with Crippen molar-refractivity contribution in [2.75, 3.05) is 0 Å². The lowest BCUT2D eigenvalue weighted by molar-refractivity contribution is 0.202. The van der Waals surface area contributed by atoms with Gasteiger partial charge in [-0.25, -0.2) is 0 Å². The maximum absolute atomic E-state index is 5.08. The standard InChI is InChI=1S/C12H20N2O/c1-9-4-3-5-10(2)12(9)13-8-11-6-7-14-15-11/h6-7,9-10,12-13H,3-5,8H2,1-2H3. The van der Waals surface area contributed by atoms with E-state index in [1.807, 2.05) is 6.07 Å². The Kier molecular flexibility index (Phi) is 3.41. The van der Waals surface area contributed by atoms with Crippen LogP contribution in [0.4, 0.5) is 0 Å². The third kappa shape index (κ3) is 2.59. The summed E-state index contributed by atoms with van der Waals surface area (Å²) in [6.07, 6.45) is 5.77. The molecule has 1 saturated carbocycles. The topological polar surface area (TPSA) is 38.1 Å². The summed E-state index contributed by atoms with van der Waals surface area (Å²) in [5.41, 5.74) is 0. The molecule has 1 fully saturated rings. The van der Waals surface area contributed by atoms with Gasteiger partial charge < -0.3 is 9.84 Å². The van der Waals surface area contributed by atoms with Gasteiger partial charge in [-0.1, -0.05) is 25.4 Å². The lowest BCUT2D eigenvalue weighted by Crippen LogP contribution is -2.42. The van der Waals surface area contributed by atoms with Crippen LogP contribution in [-0.4, -0.2) is 11.2 Å². The van der Waals surface area contributed by atoms with Crippen LogP contribution < -0.4 is 5.32 Å². The normalized spacial score (nSPS) is 31.7. The molecule has 2 unspecified atom stereocenters. The fourth-order valence-electron chi connectivity index (χ4n) is 2.64. The molecule has 2 rings (SSSR count). The molecule has 0 bridgehead atoms. The summed E-state index contributed by atoms with van der Waals surface area (Å²) in [6, 6.07) is 2.55. The van der Waals surface area contributed by atoms with Gasteiger partial charge in [-0.15, -0.1) is 0 Å². The Morgan fingerprint density at radius 2 is 2.13 bits per heavy atom. The molecule has 2 atom stereocenters. The molecule has 84 valence electrons. The van der Waals surface area contributed by atoms with Crippen LogP contribution in [0.5, 0.6) is 0 Å². The van der Waals surface area contributed by atoms with E-state index in [-0.39, 0.29) is 0 Å². The van der Waals surface area contributed by atoms with Crippen molar-refractivity contribution < 1.29 is 4.52 Å². The summed E-state index contributed by atoms with van der Waals surface area (Å²) in [4.78, 5) is 0. The smallest absolute Gasteiger partial charge is 0.150 e. The summed E-state index contributed by atoms with van der Waals surface area (Å²) >= 11 is 0. The molecular formula is C12H20N2O. The van der Waals surface area contributed by atoms with E-state index in [2.05, 4.69) is 24.3 Å². The minimum Gasteiger partial charge on any atom is -0.360 e. The number of aromatic nitrogens is 1. The van der Waals surface area contributed by atoms with Gasteiger partial charge >= 0.3 is 0 Å². The van der Waals surface area contributed by atoms with Crippen molar-refractivity contribution in [3.05, 3.63) is 18.0 Å².